The van der Waals surface area contributed by atoms with Gasteiger partial charge in [-0.3, -0.25) is 4.79 Å². The van der Waals surface area contributed by atoms with Gasteiger partial charge < -0.3 is 16.4 Å². The molecule has 1 rings (SSSR count). The average Bonchev–Trinajstić information content (AvgIpc) is 2.18. The van der Waals surface area contributed by atoms with Crippen LogP contribution in [0.3, 0.4) is 0 Å². The Balaban J connectivity index is 2.46. The largest absolute Gasteiger partial charge is 0.368 e. The molecule has 0 aromatic heterocycles. The first-order valence-corrected chi connectivity index (χ1v) is 5.76. The minimum Gasteiger partial charge on any atom is -0.368 e. The van der Waals surface area contributed by atoms with Crippen molar-refractivity contribution in [3.05, 3.63) is 0 Å². The maximum absolute atomic E-state index is 11.1. The van der Waals surface area contributed by atoms with Crippen LogP contribution in [0.5, 0.6) is 0 Å². The number of likely N-dealkylation sites (tertiary alicyclic amines) is 1. The third-order valence-corrected chi connectivity index (χ3v) is 3.30. The predicted molar refractivity (Wildman–Crippen MR) is 61.3 cm³/mol. The van der Waals surface area contributed by atoms with Crippen molar-refractivity contribution >= 4 is 5.91 Å². The Hall–Kier alpha value is -0.610. The lowest BCUT2D eigenvalue weighted by atomic mass is 9.92. The number of hydrogen-bond acceptors (Lipinski definition) is 3. The first-order valence-electron chi connectivity index (χ1n) is 5.76. The molecular weight excluding hydrogens is 190 g/mol. The molecule has 4 heteroatoms. The number of hydrogen-bond donors (Lipinski definition) is 2. The highest BCUT2D eigenvalue weighted by molar-refractivity contribution is 5.83. The zero-order valence-electron chi connectivity index (χ0n) is 9.83. The minimum atomic E-state index is -0.878. The molecule has 1 saturated heterocycles. The molecule has 1 aliphatic rings. The third-order valence-electron chi connectivity index (χ3n) is 3.30. The van der Waals surface area contributed by atoms with Gasteiger partial charge in [-0.05, 0) is 46.2 Å². The van der Waals surface area contributed by atoms with Gasteiger partial charge in [0, 0.05) is 6.04 Å². The molecule has 88 valence electrons. The van der Waals surface area contributed by atoms with E-state index in [1.165, 1.54) is 19.3 Å². The van der Waals surface area contributed by atoms with E-state index in [0.717, 1.165) is 13.1 Å². The summed E-state index contributed by atoms with van der Waals surface area (Å²) in [6, 6.07) is 0.341. The van der Waals surface area contributed by atoms with Crippen molar-refractivity contribution in [2.75, 3.05) is 13.1 Å². The van der Waals surface area contributed by atoms with Gasteiger partial charge in [-0.1, -0.05) is 6.42 Å². The minimum absolute atomic E-state index is 0.341. The lowest BCUT2D eigenvalue weighted by Gasteiger charge is -2.35. The van der Waals surface area contributed by atoms with Crippen molar-refractivity contribution in [3.63, 3.8) is 0 Å². The summed E-state index contributed by atoms with van der Waals surface area (Å²) >= 11 is 0. The van der Waals surface area contributed by atoms with E-state index in [0.29, 0.717) is 12.5 Å². The van der Waals surface area contributed by atoms with E-state index in [9.17, 15) is 4.79 Å². The standard InChI is InChI=1S/C11H23N3O/c1-9(8-11(2,13)10(12)15)14-6-4-3-5-7-14/h9H,3-8,13H2,1-2H3,(H2,12,15). The molecule has 0 aromatic rings. The Labute approximate surface area is 92.0 Å². The van der Waals surface area contributed by atoms with Crippen LogP contribution in [0.4, 0.5) is 0 Å². The van der Waals surface area contributed by atoms with Crippen LogP contribution in [0.1, 0.15) is 39.5 Å². The highest BCUT2D eigenvalue weighted by Crippen LogP contribution is 2.18. The van der Waals surface area contributed by atoms with Crippen LogP contribution in [-0.4, -0.2) is 35.5 Å². The van der Waals surface area contributed by atoms with Crippen LogP contribution in [0, 0.1) is 0 Å². The number of piperidine rings is 1. The zero-order valence-corrected chi connectivity index (χ0v) is 9.83. The second-order valence-electron chi connectivity index (χ2n) is 4.93. The second kappa shape index (κ2) is 4.94. The Morgan fingerprint density at radius 3 is 2.40 bits per heavy atom. The predicted octanol–water partition coefficient (Wildman–Crippen LogP) is 0.454. The summed E-state index contributed by atoms with van der Waals surface area (Å²) < 4.78 is 0. The molecule has 0 radical (unpaired) electrons. The fourth-order valence-electron chi connectivity index (χ4n) is 2.20. The number of rotatable bonds is 4. The molecule has 1 amide bonds. The molecule has 1 heterocycles. The van der Waals surface area contributed by atoms with Gasteiger partial charge in [0.25, 0.3) is 0 Å². The maximum atomic E-state index is 11.1. The third kappa shape index (κ3) is 3.47. The molecule has 0 bridgehead atoms. The quantitative estimate of drug-likeness (QED) is 0.712. The first-order chi connectivity index (χ1) is 6.93. The first kappa shape index (κ1) is 12.5. The van der Waals surface area contributed by atoms with Crippen molar-refractivity contribution in [3.8, 4) is 0 Å². The number of carbonyl (C=O) groups is 1. The molecule has 1 aliphatic heterocycles. The van der Waals surface area contributed by atoms with Crippen LogP contribution >= 0.6 is 0 Å². The monoisotopic (exact) mass is 213 g/mol. The van der Waals surface area contributed by atoms with E-state index in [-0.39, 0.29) is 0 Å². The van der Waals surface area contributed by atoms with Crippen LogP contribution in [0.25, 0.3) is 0 Å². The lowest BCUT2D eigenvalue weighted by Crippen LogP contribution is -2.53. The fourth-order valence-corrected chi connectivity index (χ4v) is 2.20. The normalized spacial score (nSPS) is 24.5. The van der Waals surface area contributed by atoms with Crippen molar-refractivity contribution in [1.29, 1.82) is 0 Å². The van der Waals surface area contributed by atoms with Gasteiger partial charge in [0.2, 0.25) is 5.91 Å². The molecule has 0 saturated carbocycles. The van der Waals surface area contributed by atoms with Crippen molar-refractivity contribution < 1.29 is 4.79 Å². The molecule has 0 spiro atoms. The average molecular weight is 213 g/mol. The number of carbonyl (C=O) groups excluding carboxylic acids is 1. The molecule has 4 N–H and O–H groups in total. The zero-order chi connectivity index (χ0) is 11.5. The van der Waals surface area contributed by atoms with E-state index in [1.807, 2.05) is 0 Å². The number of nitrogens with two attached hydrogens (primary N) is 2. The molecule has 1 fully saturated rings. The van der Waals surface area contributed by atoms with Crippen LogP contribution in [0.15, 0.2) is 0 Å². The SMILES string of the molecule is CC(CC(C)(N)C(N)=O)N1CCCCC1. The van der Waals surface area contributed by atoms with Crippen molar-refractivity contribution in [2.45, 2.75) is 51.1 Å². The summed E-state index contributed by atoms with van der Waals surface area (Å²) in [4.78, 5) is 13.5. The smallest absolute Gasteiger partial charge is 0.237 e. The second-order valence-corrected chi connectivity index (χ2v) is 4.93. The summed E-state index contributed by atoms with van der Waals surface area (Å²) in [7, 11) is 0. The summed E-state index contributed by atoms with van der Waals surface area (Å²) in [5.74, 6) is -0.411. The Morgan fingerprint density at radius 1 is 1.40 bits per heavy atom. The summed E-state index contributed by atoms with van der Waals surface area (Å²) in [6.07, 6.45) is 4.46. The highest BCUT2D eigenvalue weighted by atomic mass is 16.1. The van der Waals surface area contributed by atoms with E-state index < -0.39 is 11.4 Å². The Bertz CT molecular complexity index is 222. The molecule has 2 unspecified atom stereocenters. The molecule has 0 aromatic carbocycles. The van der Waals surface area contributed by atoms with Crippen LogP contribution in [0.2, 0.25) is 0 Å². The Morgan fingerprint density at radius 2 is 1.93 bits per heavy atom. The summed E-state index contributed by atoms with van der Waals surface area (Å²) in [6.45, 7) is 6.08. The highest BCUT2D eigenvalue weighted by Gasteiger charge is 2.30. The van der Waals surface area contributed by atoms with Gasteiger partial charge in [-0.15, -0.1) is 0 Å². The number of primary amides is 1. The molecular formula is C11H23N3O. The van der Waals surface area contributed by atoms with Gasteiger partial charge in [0.05, 0.1) is 5.54 Å². The van der Waals surface area contributed by atoms with E-state index in [2.05, 4.69) is 11.8 Å². The van der Waals surface area contributed by atoms with Crippen molar-refractivity contribution in [1.82, 2.24) is 4.90 Å². The number of nitrogens with zero attached hydrogens (tertiary/aromatic N) is 1. The maximum Gasteiger partial charge on any atom is 0.237 e. The van der Waals surface area contributed by atoms with Crippen molar-refractivity contribution in [2.24, 2.45) is 11.5 Å². The van der Waals surface area contributed by atoms with Crippen LogP contribution in [-0.2, 0) is 4.79 Å². The van der Waals surface area contributed by atoms with E-state index >= 15 is 0 Å². The van der Waals surface area contributed by atoms with Gasteiger partial charge in [0.1, 0.15) is 0 Å². The van der Waals surface area contributed by atoms with Gasteiger partial charge in [-0.25, -0.2) is 0 Å². The summed E-state index contributed by atoms with van der Waals surface area (Å²) in [5.41, 5.74) is 10.3. The molecule has 2 atom stereocenters. The van der Waals surface area contributed by atoms with Gasteiger partial charge in [0.15, 0.2) is 0 Å². The topological polar surface area (TPSA) is 72.3 Å². The van der Waals surface area contributed by atoms with Crippen LogP contribution < -0.4 is 11.5 Å². The number of amides is 1. The Kier molecular flexibility index (Phi) is 4.11. The van der Waals surface area contributed by atoms with E-state index in [1.54, 1.807) is 6.92 Å². The van der Waals surface area contributed by atoms with E-state index in [4.69, 9.17) is 11.5 Å². The van der Waals surface area contributed by atoms with Gasteiger partial charge in [-0.2, -0.15) is 0 Å². The fraction of sp³-hybridized carbons (Fsp3) is 0.909. The molecule has 15 heavy (non-hydrogen) atoms. The lowest BCUT2D eigenvalue weighted by molar-refractivity contribution is -0.123. The molecule has 4 nitrogen and oxygen atoms in total. The van der Waals surface area contributed by atoms with Gasteiger partial charge >= 0.3 is 0 Å². The molecule has 0 aliphatic carbocycles. The summed E-state index contributed by atoms with van der Waals surface area (Å²) in [5, 5.41) is 0.